The lowest BCUT2D eigenvalue weighted by Crippen LogP contribution is -2.40. The van der Waals surface area contributed by atoms with Crippen molar-refractivity contribution < 1.29 is 13.2 Å². The van der Waals surface area contributed by atoms with Crippen LogP contribution >= 0.6 is 0 Å². The Balaban J connectivity index is 1.82. The average molecular weight is 365 g/mol. The highest BCUT2D eigenvalue weighted by Gasteiger charge is 2.42. The summed E-state index contributed by atoms with van der Waals surface area (Å²) in [4.78, 5) is 16.5. The SMILES string of the molecule is CCN1CCCC1CNS(=O)(=O)c1ccc2c(c1)C(C)(C)C(=O)N2C. The molecule has 25 heavy (non-hydrogen) atoms. The number of hydrogen-bond donors (Lipinski definition) is 1. The summed E-state index contributed by atoms with van der Waals surface area (Å²) in [6.45, 7) is 8.16. The van der Waals surface area contributed by atoms with Gasteiger partial charge in [0.15, 0.2) is 0 Å². The number of benzene rings is 1. The molecule has 1 atom stereocenters. The summed E-state index contributed by atoms with van der Waals surface area (Å²) < 4.78 is 28.2. The van der Waals surface area contributed by atoms with E-state index in [2.05, 4.69) is 16.5 Å². The minimum absolute atomic E-state index is 0.0189. The highest BCUT2D eigenvalue weighted by atomic mass is 32.2. The van der Waals surface area contributed by atoms with E-state index in [1.807, 2.05) is 13.8 Å². The summed E-state index contributed by atoms with van der Waals surface area (Å²) in [6, 6.07) is 5.22. The maximum absolute atomic E-state index is 12.7. The van der Waals surface area contributed by atoms with Gasteiger partial charge in [-0.1, -0.05) is 6.92 Å². The summed E-state index contributed by atoms with van der Waals surface area (Å²) in [5, 5.41) is 0. The molecule has 7 heteroatoms. The number of carbonyl (C=O) groups is 1. The minimum atomic E-state index is -3.59. The van der Waals surface area contributed by atoms with Gasteiger partial charge in [0.2, 0.25) is 15.9 Å². The third kappa shape index (κ3) is 3.09. The van der Waals surface area contributed by atoms with Gasteiger partial charge in [0.25, 0.3) is 0 Å². The third-order valence-electron chi connectivity index (χ3n) is 5.57. The van der Waals surface area contributed by atoms with E-state index < -0.39 is 15.4 Å². The molecule has 2 aliphatic heterocycles. The summed E-state index contributed by atoms with van der Waals surface area (Å²) in [5.41, 5.74) is 0.834. The Labute approximate surface area is 150 Å². The van der Waals surface area contributed by atoms with Gasteiger partial charge in [-0.05, 0) is 63.5 Å². The summed E-state index contributed by atoms with van der Waals surface area (Å²) in [5.74, 6) is -0.0189. The molecule has 0 saturated carbocycles. The molecule has 0 spiro atoms. The minimum Gasteiger partial charge on any atom is -0.314 e. The van der Waals surface area contributed by atoms with Crippen molar-refractivity contribution in [3.8, 4) is 0 Å². The number of fused-ring (bicyclic) bond motifs is 1. The molecule has 138 valence electrons. The van der Waals surface area contributed by atoms with Crippen LogP contribution in [0.1, 0.15) is 39.2 Å². The lowest BCUT2D eigenvalue weighted by atomic mass is 9.86. The Morgan fingerprint density at radius 3 is 2.72 bits per heavy atom. The Morgan fingerprint density at radius 1 is 1.32 bits per heavy atom. The first-order valence-electron chi connectivity index (χ1n) is 8.85. The van der Waals surface area contributed by atoms with Crippen LogP contribution in [0.3, 0.4) is 0 Å². The van der Waals surface area contributed by atoms with Crippen LogP contribution in [0, 0.1) is 0 Å². The molecule has 1 unspecified atom stereocenters. The second kappa shape index (κ2) is 6.37. The second-order valence-corrected chi connectivity index (χ2v) is 9.21. The summed E-state index contributed by atoms with van der Waals surface area (Å²) >= 11 is 0. The molecule has 2 heterocycles. The van der Waals surface area contributed by atoms with Gasteiger partial charge < -0.3 is 4.90 Å². The molecule has 1 N–H and O–H groups in total. The van der Waals surface area contributed by atoms with E-state index in [4.69, 9.17) is 0 Å². The molecule has 1 aromatic carbocycles. The van der Waals surface area contributed by atoms with Crippen molar-refractivity contribution in [3.05, 3.63) is 23.8 Å². The number of sulfonamides is 1. The number of nitrogens with zero attached hydrogens (tertiary/aromatic N) is 2. The van der Waals surface area contributed by atoms with Crippen LogP contribution in [-0.4, -0.2) is 51.9 Å². The molecular formula is C18H27N3O3S. The quantitative estimate of drug-likeness (QED) is 0.862. The second-order valence-electron chi connectivity index (χ2n) is 7.44. The fraction of sp³-hybridized carbons (Fsp3) is 0.611. The zero-order chi connectivity index (χ0) is 18.4. The van der Waals surface area contributed by atoms with E-state index in [0.29, 0.717) is 6.54 Å². The number of amides is 1. The van der Waals surface area contributed by atoms with Crippen LogP contribution in [0.25, 0.3) is 0 Å². The molecule has 0 aromatic heterocycles. The standard InChI is InChI=1S/C18H27N3O3S/c1-5-21-10-6-7-13(21)12-19-25(23,24)14-8-9-16-15(11-14)18(2,3)17(22)20(16)4/h8-9,11,13,19H,5-7,10,12H2,1-4H3. The molecule has 0 aliphatic carbocycles. The van der Waals surface area contributed by atoms with Crippen LogP contribution < -0.4 is 9.62 Å². The van der Waals surface area contributed by atoms with Crippen LogP contribution in [0.15, 0.2) is 23.1 Å². The van der Waals surface area contributed by atoms with E-state index in [0.717, 1.165) is 37.2 Å². The normalized spacial score (nSPS) is 23.3. The molecule has 1 fully saturated rings. The number of anilines is 1. The zero-order valence-electron chi connectivity index (χ0n) is 15.4. The van der Waals surface area contributed by atoms with Crippen molar-refractivity contribution in [2.75, 3.05) is 31.6 Å². The molecule has 1 amide bonds. The first kappa shape index (κ1) is 18.4. The zero-order valence-corrected chi connectivity index (χ0v) is 16.2. The molecule has 2 aliphatic rings. The molecular weight excluding hydrogens is 338 g/mol. The highest BCUT2D eigenvalue weighted by molar-refractivity contribution is 7.89. The molecule has 0 radical (unpaired) electrons. The monoisotopic (exact) mass is 365 g/mol. The van der Waals surface area contributed by atoms with Gasteiger partial charge in [-0.2, -0.15) is 0 Å². The number of hydrogen-bond acceptors (Lipinski definition) is 4. The number of rotatable bonds is 5. The highest BCUT2D eigenvalue weighted by Crippen LogP contribution is 2.41. The lowest BCUT2D eigenvalue weighted by molar-refractivity contribution is -0.121. The van der Waals surface area contributed by atoms with Crippen LogP contribution in [0.5, 0.6) is 0 Å². The van der Waals surface area contributed by atoms with Gasteiger partial charge in [0.1, 0.15) is 0 Å². The van der Waals surface area contributed by atoms with Crippen LogP contribution in [0.2, 0.25) is 0 Å². The molecule has 6 nitrogen and oxygen atoms in total. The molecule has 0 bridgehead atoms. The third-order valence-corrected chi connectivity index (χ3v) is 6.99. The Hall–Kier alpha value is -1.44. The Kier molecular flexibility index (Phi) is 4.68. The van der Waals surface area contributed by atoms with Crippen molar-refractivity contribution >= 4 is 21.6 Å². The predicted molar refractivity (Wildman–Crippen MR) is 98.3 cm³/mol. The van der Waals surface area contributed by atoms with Gasteiger partial charge in [-0.25, -0.2) is 13.1 Å². The molecule has 3 rings (SSSR count). The molecule has 1 aromatic rings. The maximum Gasteiger partial charge on any atom is 0.240 e. The average Bonchev–Trinajstić information content (AvgIpc) is 3.11. The van der Waals surface area contributed by atoms with E-state index in [9.17, 15) is 13.2 Å². The van der Waals surface area contributed by atoms with Crippen molar-refractivity contribution in [1.82, 2.24) is 9.62 Å². The van der Waals surface area contributed by atoms with E-state index in [-0.39, 0.29) is 16.8 Å². The van der Waals surface area contributed by atoms with E-state index in [1.54, 1.807) is 30.1 Å². The largest absolute Gasteiger partial charge is 0.314 e. The lowest BCUT2D eigenvalue weighted by Gasteiger charge is -2.23. The smallest absolute Gasteiger partial charge is 0.240 e. The summed E-state index contributed by atoms with van der Waals surface area (Å²) in [7, 11) is -1.87. The first-order valence-corrected chi connectivity index (χ1v) is 10.3. The maximum atomic E-state index is 12.7. The number of nitrogens with one attached hydrogen (secondary N) is 1. The van der Waals surface area contributed by atoms with Crippen LogP contribution in [-0.2, 0) is 20.2 Å². The van der Waals surface area contributed by atoms with E-state index >= 15 is 0 Å². The van der Waals surface area contributed by atoms with Gasteiger partial charge in [0, 0.05) is 25.3 Å². The van der Waals surface area contributed by atoms with Gasteiger partial charge in [-0.15, -0.1) is 0 Å². The Morgan fingerprint density at radius 2 is 2.04 bits per heavy atom. The first-order chi connectivity index (χ1) is 11.7. The van der Waals surface area contributed by atoms with Crippen LogP contribution in [0.4, 0.5) is 5.69 Å². The number of carbonyl (C=O) groups excluding carboxylic acids is 1. The number of likely N-dealkylation sites (N-methyl/N-ethyl adjacent to an activating group) is 2. The van der Waals surface area contributed by atoms with Gasteiger partial charge in [-0.3, -0.25) is 9.69 Å². The topological polar surface area (TPSA) is 69.7 Å². The number of likely N-dealkylation sites (tertiary alicyclic amines) is 1. The molecule has 1 saturated heterocycles. The van der Waals surface area contributed by atoms with Crippen molar-refractivity contribution in [2.45, 2.75) is 50.0 Å². The summed E-state index contributed by atoms with van der Waals surface area (Å²) in [6.07, 6.45) is 2.13. The van der Waals surface area contributed by atoms with Crippen molar-refractivity contribution in [3.63, 3.8) is 0 Å². The van der Waals surface area contributed by atoms with Crippen molar-refractivity contribution in [1.29, 1.82) is 0 Å². The fourth-order valence-corrected chi connectivity index (χ4v) is 5.05. The predicted octanol–water partition coefficient (Wildman–Crippen LogP) is 1.70. The Bertz CT molecular complexity index is 789. The van der Waals surface area contributed by atoms with Gasteiger partial charge in [0.05, 0.1) is 10.3 Å². The van der Waals surface area contributed by atoms with Gasteiger partial charge >= 0.3 is 0 Å². The fourth-order valence-electron chi connectivity index (χ4n) is 3.95. The van der Waals surface area contributed by atoms with Crippen molar-refractivity contribution in [2.24, 2.45) is 0 Å². The van der Waals surface area contributed by atoms with E-state index in [1.165, 1.54) is 0 Å².